The van der Waals surface area contributed by atoms with Crippen LogP contribution in [0.3, 0.4) is 0 Å². The predicted octanol–water partition coefficient (Wildman–Crippen LogP) is 3.99. The lowest BCUT2D eigenvalue weighted by Gasteiger charge is -2.12. The number of hydrogen-bond acceptors (Lipinski definition) is 4. The number of nitrogens with zero attached hydrogens (tertiary/aromatic N) is 1. The molecule has 0 atom stereocenters. The van der Waals surface area contributed by atoms with E-state index in [-0.39, 0.29) is 17.5 Å². The Morgan fingerprint density at radius 2 is 1.96 bits per heavy atom. The summed E-state index contributed by atoms with van der Waals surface area (Å²) in [5.74, 6) is 0.618. The zero-order valence-electron chi connectivity index (χ0n) is 15.9. The van der Waals surface area contributed by atoms with Crippen molar-refractivity contribution < 1.29 is 13.2 Å². The maximum Gasteiger partial charge on any atom is 0.232 e. The van der Waals surface area contributed by atoms with Crippen LogP contribution in [0.5, 0.6) is 0 Å². The molecule has 0 unspecified atom stereocenters. The van der Waals surface area contributed by atoms with E-state index in [1.165, 1.54) is 0 Å². The van der Waals surface area contributed by atoms with E-state index in [0.717, 1.165) is 47.3 Å². The van der Waals surface area contributed by atoms with E-state index in [4.69, 9.17) is 4.98 Å². The van der Waals surface area contributed by atoms with Crippen LogP contribution >= 0.6 is 0 Å². The second-order valence-electron chi connectivity index (χ2n) is 7.54. The summed E-state index contributed by atoms with van der Waals surface area (Å²) in [7, 11) is -3.30. The molecule has 146 valence electrons. The van der Waals surface area contributed by atoms with Crippen LogP contribution in [-0.4, -0.2) is 24.9 Å². The molecule has 4 rings (SSSR count). The highest BCUT2D eigenvalue weighted by Crippen LogP contribution is 2.34. The number of ketones is 1. The molecule has 1 aromatic carbocycles. The molecule has 1 heterocycles. The van der Waals surface area contributed by atoms with Crippen LogP contribution in [-0.2, 0) is 27.7 Å². The topological polar surface area (TPSA) is 76.1 Å². The Bertz CT molecular complexity index is 1040. The third kappa shape index (κ3) is 4.17. The van der Waals surface area contributed by atoms with Crippen LogP contribution in [0, 0.1) is 5.92 Å². The molecule has 1 N–H and O–H groups in total. The number of carbonyl (C=O) groups excluding carboxylic acids is 1. The zero-order chi connectivity index (χ0) is 19.7. The van der Waals surface area contributed by atoms with Crippen LogP contribution < -0.4 is 4.72 Å². The van der Waals surface area contributed by atoms with Gasteiger partial charge in [-0.15, -0.1) is 0 Å². The summed E-state index contributed by atoms with van der Waals surface area (Å²) in [5.41, 5.74) is 5.50. The molecular formula is C22H24N2O3S. The van der Waals surface area contributed by atoms with E-state index < -0.39 is 10.0 Å². The Morgan fingerprint density at radius 3 is 2.64 bits per heavy atom. The molecule has 0 bridgehead atoms. The van der Waals surface area contributed by atoms with Crippen molar-refractivity contribution in [3.63, 3.8) is 0 Å². The summed E-state index contributed by atoms with van der Waals surface area (Å²) in [6, 6.07) is 9.40. The molecule has 2 aliphatic rings. The molecule has 0 radical (unpaired) electrons. The second kappa shape index (κ2) is 7.51. The number of Topliss-reactive ketones (excluding diaryl/α,β-unsaturated/α-hetero) is 1. The minimum Gasteiger partial charge on any atom is -0.299 e. The lowest BCUT2D eigenvalue weighted by atomic mass is 9.97. The van der Waals surface area contributed by atoms with Gasteiger partial charge in [0.15, 0.2) is 0 Å². The van der Waals surface area contributed by atoms with Crippen molar-refractivity contribution in [2.45, 2.75) is 39.0 Å². The first-order valence-corrected chi connectivity index (χ1v) is 11.4. The Kier molecular flexibility index (Phi) is 5.06. The zero-order valence-corrected chi connectivity index (χ0v) is 16.8. The molecule has 28 heavy (non-hydrogen) atoms. The highest BCUT2D eigenvalue weighted by Gasteiger charge is 2.30. The molecule has 1 fully saturated rings. The number of anilines is 1. The standard InChI is InChI=1S/C22H24N2O3S/c1-2-12-28(26,27)24-17-10-8-15(9-11-17)20-13-18(14-22(25)16-6-7-16)23-21-5-3-4-19(20)21/h3-4,8-11,13,16,24H,2,5-7,12,14H2,1H3. The van der Waals surface area contributed by atoms with Gasteiger partial charge in [-0.25, -0.2) is 8.42 Å². The SMILES string of the molecule is CCCS(=O)(=O)Nc1ccc(-c2cc(CC(=O)C3CC3)nc3c2C=CC3)cc1. The van der Waals surface area contributed by atoms with Gasteiger partial charge in [-0.3, -0.25) is 14.5 Å². The molecule has 2 aromatic rings. The van der Waals surface area contributed by atoms with Crippen molar-refractivity contribution in [2.24, 2.45) is 5.92 Å². The van der Waals surface area contributed by atoms with Gasteiger partial charge in [-0.2, -0.15) is 0 Å². The van der Waals surface area contributed by atoms with Crippen molar-refractivity contribution in [3.8, 4) is 11.1 Å². The van der Waals surface area contributed by atoms with E-state index in [9.17, 15) is 13.2 Å². The summed E-state index contributed by atoms with van der Waals surface area (Å²) in [4.78, 5) is 16.9. The molecule has 0 spiro atoms. The van der Waals surface area contributed by atoms with Gasteiger partial charge in [0.05, 0.1) is 11.4 Å². The van der Waals surface area contributed by atoms with Crippen molar-refractivity contribution >= 4 is 27.6 Å². The summed E-state index contributed by atoms with van der Waals surface area (Å²) < 4.78 is 26.5. The summed E-state index contributed by atoms with van der Waals surface area (Å²) in [6.45, 7) is 1.84. The third-order valence-electron chi connectivity index (χ3n) is 5.12. The van der Waals surface area contributed by atoms with E-state index in [1.54, 1.807) is 12.1 Å². The average Bonchev–Trinajstić information content (AvgIpc) is 3.40. The van der Waals surface area contributed by atoms with Gasteiger partial charge in [0, 0.05) is 35.7 Å². The average molecular weight is 397 g/mol. The number of carbonyl (C=O) groups is 1. The fourth-order valence-corrected chi connectivity index (χ4v) is 4.71. The normalized spacial score (nSPS) is 15.5. The van der Waals surface area contributed by atoms with Gasteiger partial charge in [0.1, 0.15) is 5.78 Å². The largest absolute Gasteiger partial charge is 0.299 e. The lowest BCUT2D eigenvalue weighted by Crippen LogP contribution is -2.15. The number of allylic oxidation sites excluding steroid dienone is 1. The fraction of sp³-hybridized carbons (Fsp3) is 0.364. The van der Waals surface area contributed by atoms with Crippen molar-refractivity contribution in [1.82, 2.24) is 4.98 Å². The minimum atomic E-state index is -3.30. The van der Waals surface area contributed by atoms with Gasteiger partial charge in [-0.05, 0) is 48.6 Å². The summed E-state index contributed by atoms with van der Waals surface area (Å²) in [6.07, 6.45) is 7.91. The van der Waals surface area contributed by atoms with Gasteiger partial charge in [-0.1, -0.05) is 31.2 Å². The van der Waals surface area contributed by atoms with Crippen LogP contribution in [0.2, 0.25) is 0 Å². The van der Waals surface area contributed by atoms with Gasteiger partial charge in [0.2, 0.25) is 10.0 Å². The van der Waals surface area contributed by atoms with E-state index >= 15 is 0 Å². The predicted molar refractivity (Wildman–Crippen MR) is 112 cm³/mol. The van der Waals surface area contributed by atoms with E-state index in [0.29, 0.717) is 18.5 Å². The molecule has 2 aliphatic carbocycles. The molecule has 0 aliphatic heterocycles. The number of rotatable bonds is 8. The quantitative estimate of drug-likeness (QED) is 0.732. The first-order chi connectivity index (χ1) is 13.4. The number of sulfonamides is 1. The van der Waals surface area contributed by atoms with Crippen LogP contribution in [0.1, 0.15) is 43.1 Å². The van der Waals surface area contributed by atoms with Crippen molar-refractivity contribution in [2.75, 3.05) is 10.5 Å². The highest BCUT2D eigenvalue weighted by atomic mass is 32.2. The Hall–Kier alpha value is -2.47. The first-order valence-electron chi connectivity index (χ1n) is 9.78. The van der Waals surface area contributed by atoms with E-state index in [1.807, 2.05) is 25.1 Å². The van der Waals surface area contributed by atoms with Gasteiger partial charge < -0.3 is 0 Å². The van der Waals surface area contributed by atoms with Gasteiger partial charge >= 0.3 is 0 Å². The number of fused-ring (bicyclic) bond motifs is 1. The Morgan fingerprint density at radius 1 is 1.21 bits per heavy atom. The number of pyridine rings is 1. The monoisotopic (exact) mass is 396 g/mol. The molecule has 0 saturated heterocycles. The highest BCUT2D eigenvalue weighted by molar-refractivity contribution is 7.92. The second-order valence-corrected chi connectivity index (χ2v) is 9.39. The molecule has 1 aromatic heterocycles. The van der Waals surface area contributed by atoms with Gasteiger partial charge in [0.25, 0.3) is 0 Å². The molecule has 5 nitrogen and oxygen atoms in total. The van der Waals surface area contributed by atoms with Crippen LogP contribution in [0.15, 0.2) is 36.4 Å². The molecule has 0 amide bonds. The van der Waals surface area contributed by atoms with Crippen LogP contribution in [0.25, 0.3) is 17.2 Å². The number of benzene rings is 1. The van der Waals surface area contributed by atoms with Crippen molar-refractivity contribution in [1.29, 1.82) is 0 Å². The number of aromatic nitrogens is 1. The van der Waals surface area contributed by atoms with Crippen LogP contribution in [0.4, 0.5) is 5.69 Å². The van der Waals surface area contributed by atoms with E-state index in [2.05, 4.69) is 16.9 Å². The maximum atomic E-state index is 12.2. The van der Waals surface area contributed by atoms with Crippen molar-refractivity contribution in [3.05, 3.63) is 53.4 Å². The molecule has 6 heteroatoms. The maximum absolute atomic E-state index is 12.2. The molecule has 1 saturated carbocycles. The molecular weight excluding hydrogens is 372 g/mol. The number of nitrogens with one attached hydrogen (secondary N) is 1. The Labute approximate surface area is 165 Å². The number of hydrogen-bond donors (Lipinski definition) is 1. The first kappa shape index (κ1) is 18.9. The summed E-state index contributed by atoms with van der Waals surface area (Å²) >= 11 is 0. The minimum absolute atomic E-state index is 0.107. The lowest BCUT2D eigenvalue weighted by molar-refractivity contribution is -0.119. The fourth-order valence-electron chi connectivity index (χ4n) is 3.57. The summed E-state index contributed by atoms with van der Waals surface area (Å²) in [5, 5.41) is 0. The Balaban J connectivity index is 1.61. The smallest absolute Gasteiger partial charge is 0.232 e. The third-order valence-corrected chi connectivity index (χ3v) is 6.61.